The quantitative estimate of drug-likeness (QED) is 0.385. The minimum atomic E-state index is 0. The van der Waals surface area contributed by atoms with E-state index in [2.05, 4.69) is 16.5 Å². The number of carbonyl (C=O) groups is 1. The van der Waals surface area contributed by atoms with Crippen molar-refractivity contribution in [1.29, 1.82) is 0 Å². The zero-order chi connectivity index (χ0) is 19.5. The van der Waals surface area contributed by atoms with Gasteiger partial charge >= 0.3 is 0 Å². The Hall–Kier alpha value is -2.30. The van der Waals surface area contributed by atoms with E-state index in [0.29, 0.717) is 19.6 Å². The molecule has 1 N–H and O–H groups in total. The van der Waals surface area contributed by atoms with Crippen LogP contribution in [0.3, 0.4) is 0 Å². The lowest BCUT2D eigenvalue weighted by molar-refractivity contribution is -0.120. The summed E-state index contributed by atoms with van der Waals surface area (Å²) in [5, 5.41) is 7.47. The number of ether oxygens (including phenoxy) is 1. The fraction of sp³-hybridized carbons (Fsp3) is 0.450. The third-order valence-corrected chi connectivity index (χ3v) is 5.02. The first kappa shape index (κ1) is 21.4. The van der Waals surface area contributed by atoms with Gasteiger partial charge in [0, 0.05) is 39.3 Å². The second-order valence-corrected chi connectivity index (χ2v) is 7.09. The topological polar surface area (TPSA) is 75.0 Å². The monoisotopic (exact) mass is 510 g/mol. The lowest BCUT2D eigenvalue weighted by Crippen LogP contribution is -2.55. The number of carbonyl (C=O) groups excluding carboxylic acids is 1. The largest absolute Gasteiger partial charge is 0.488 e. The summed E-state index contributed by atoms with van der Waals surface area (Å²) in [5.41, 5.74) is 2.07. The second kappa shape index (κ2) is 9.47. The normalized spacial score (nSPS) is 18.9. The zero-order valence-corrected chi connectivity index (χ0v) is 19.1. The van der Waals surface area contributed by atoms with Crippen LogP contribution in [0.15, 0.2) is 41.7 Å². The molecule has 1 saturated heterocycles. The van der Waals surface area contributed by atoms with E-state index in [1.54, 1.807) is 15.8 Å². The van der Waals surface area contributed by atoms with E-state index in [1.807, 2.05) is 43.3 Å². The Labute approximate surface area is 187 Å². The minimum Gasteiger partial charge on any atom is -0.488 e. The number of nitrogens with zero attached hydrogens (tertiary/aromatic N) is 5. The average Bonchev–Trinajstić information content (AvgIpc) is 3.30. The maximum absolute atomic E-state index is 12.7. The van der Waals surface area contributed by atoms with E-state index in [9.17, 15) is 4.79 Å². The van der Waals surface area contributed by atoms with Crippen molar-refractivity contribution in [2.24, 2.45) is 12.0 Å². The summed E-state index contributed by atoms with van der Waals surface area (Å²) in [7, 11) is 1.85. The molecule has 2 aliphatic rings. The molecule has 9 heteroatoms. The molecule has 0 radical (unpaired) electrons. The molecule has 1 aromatic carbocycles. The number of fused-ring (bicyclic) bond motifs is 1. The lowest BCUT2D eigenvalue weighted by atomic mass is 10.1. The van der Waals surface area contributed by atoms with Gasteiger partial charge in [-0.1, -0.05) is 18.2 Å². The van der Waals surface area contributed by atoms with Crippen molar-refractivity contribution in [2.75, 3.05) is 37.6 Å². The van der Waals surface area contributed by atoms with E-state index >= 15 is 0 Å². The Morgan fingerprint density at radius 3 is 2.86 bits per heavy atom. The van der Waals surface area contributed by atoms with Crippen molar-refractivity contribution in [1.82, 2.24) is 20.0 Å². The lowest BCUT2D eigenvalue weighted by Gasteiger charge is -2.35. The van der Waals surface area contributed by atoms with E-state index in [1.165, 1.54) is 5.56 Å². The van der Waals surface area contributed by atoms with Gasteiger partial charge in [-0.05, 0) is 18.6 Å². The summed E-state index contributed by atoms with van der Waals surface area (Å²) in [6.45, 7) is 4.98. The smallest absolute Gasteiger partial charge is 0.246 e. The molecule has 0 spiro atoms. The first-order chi connectivity index (χ1) is 13.6. The molecule has 1 fully saturated rings. The minimum absolute atomic E-state index is 0. The molecule has 29 heavy (non-hydrogen) atoms. The Balaban J connectivity index is 0.00000240. The maximum atomic E-state index is 12.7. The number of aromatic nitrogens is 2. The number of piperazine rings is 1. The average molecular weight is 510 g/mol. The zero-order valence-electron chi connectivity index (χ0n) is 16.7. The summed E-state index contributed by atoms with van der Waals surface area (Å²) in [4.78, 5) is 21.2. The van der Waals surface area contributed by atoms with Crippen molar-refractivity contribution in [3.05, 3.63) is 42.2 Å². The van der Waals surface area contributed by atoms with Crippen LogP contribution >= 0.6 is 24.0 Å². The predicted octanol–water partition coefficient (Wildman–Crippen LogP) is 1.66. The van der Waals surface area contributed by atoms with Gasteiger partial charge in [0.2, 0.25) is 5.91 Å². The fourth-order valence-corrected chi connectivity index (χ4v) is 3.64. The molecule has 0 saturated carbocycles. The highest BCUT2D eigenvalue weighted by Crippen LogP contribution is 2.28. The number of aryl methyl sites for hydroxylation is 1. The van der Waals surface area contributed by atoms with E-state index < -0.39 is 0 Å². The van der Waals surface area contributed by atoms with Gasteiger partial charge in [-0.2, -0.15) is 5.10 Å². The van der Waals surface area contributed by atoms with Crippen molar-refractivity contribution in [3.63, 3.8) is 0 Å². The summed E-state index contributed by atoms with van der Waals surface area (Å²) in [5.74, 6) is 1.77. The Morgan fingerprint density at radius 1 is 1.34 bits per heavy atom. The molecule has 3 heterocycles. The molecule has 4 rings (SSSR count). The SMILES string of the molecule is CCNC(=NCC1Cc2ccccc2O1)N1CCN(c2cnn(C)c2)C(=O)C1.I. The van der Waals surface area contributed by atoms with Gasteiger partial charge in [0.1, 0.15) is 18.4 Å². The molecule has 0 aliphatic carbocycles. The number of guanidine groups is 1. The number of nitrogens with one attached hydrogen (secondary N) is 1. The highest BCUT2D eigenvalue weighted by Gasteiger charge is 2.28. The Bertz CT molecular complexity index is 858. The molecule has 8 nitrogen and oxygen atoms in total. The molecule has 2 aromatic rings. The second-order valence-electron chi connectivity index (χ2n) is 7.09. The van der Waals surface area contributed by atoms with Gasteiger partial charge in [-0.3, -0.25) is 9.48 Å². The van der Waals surface area contributed by atoms with Crippen molar-refractivity contribution in [3.8, 4) is 5.75 Å². The van der Waals surface area contributed by atoms with Crippen LogP contribution in [0.1, 0.15) is 12.5 Å². The number of amides is 1. The molecule has 156 valence electrons. The van der Waals surface area contributed by atoms with E-state index in [0.717, 1.165) is 36.9 Å². The van der Waals surface area contributed by atoms with E-state index in [4.69, 9.17) is 9.73 Å². The molecular weight excluding hydrogens is 483 g/mol. The summed E-state index contributed by atoms with van der Waals surface area (Å²) < 4.78 is 7.69. The third-order valence-electron chi connectivity index (χ3n) is 5.02. The summed E-state index contributed by atoms with van der Waals surface area (Å²) >= 11 is 0. The van der Waals surface area contributed by atoms with Gasteiger partial charge < -0.3 is 19.9 Å². The van der Waals surface area contributed by atoms with Crippen LogP contribution in [0.5, 0.6) is 5.75 Å². The molecule has 1 amide bonds. The number of anilines is 1. The van der Waals surface area contributed by atoms with Gasteiger partial charge in [0.05, 0.1) is 18.4 Å². The van der Waals surface area contributed by atoms with Crippen LogP contribution in [-0.4, -0.2) is 65.4 Å². The molecule has 0 bridgehead atoms. The first-order valence-corrected chi connectivity index (χ1v) is 9.71. The van der Waals surface area contributed by atoms with Crippen LogP contribution in [-0.2, 0) is 18.3 Å². The first-order valence-electron chi connectivity index (χ1n) is 9.71. The van der Waals surface area contributed by atoms with Crippen LogP contribution < -0.4 is 15.0 Å². The number of para-hydroxylation sites is 1. The van der Waals surface area contributed by atoms with Crippen molar-refractivity contribution >= 4 is 41.5 Å². The number of hydrogen-bond donors (Lipinski definition) is 1. The molecular formula is C20H27IN6O2. The number of benzene rings is 1. The Morgan fingerprint density at radius 2 is 2.17 bits per heavy atom. The summed E-state index contributed by atoms with van der Waals surface area (Å²) in [6, 6.07) is 8.12. The van der Waals surface area contributed by atoms with Gasteiger partial charge in [0.15, 0.2) is 5.96 Å². The van der Waals surface area contributed by atoms with Crippen LogP contribution in [0, 0.1) is 0 Å². The number of hydrogen-bond acceptors (Lipinski definition) is 4. The predicted molar refractivity (Wildman–Crippen MR) is 123 cm³/mol. The maximum Gasteiger partial charge on any atom is 0.246 e. The van der Waals surface area contributed by atoms with Crippen LogP contribution in [0.25, 0.3) is 0 Å². The van der Waals surface area contributed by atoms with E-state index in [-0.39, 0.29) is 36.0 Å². The highest BCUT2D eigenvalue weighted by atomic mass is 127. The molecule has 2 aliphatic heterocycles. The number of rotatable bonds is 4. The summed E-state index contributed by atoms with van der Waals surface area (Å²) in [6.07, 6.45) is 4.50. The van der Waals surface area contributed by atoms with Gasteiger partial charge in [-0.15, -0.1) is 24.0 Å². The van der Waals surface area contributed by atoms with Crippen molar-refractivity contribution in [2.45, 2.75) is 19.4 Å². The number of aliphatic imine (C=N–C) groups is 1. The van der Waals surface area contributed by atoms with Crippen LogP contribution in [0.4, 0.5) is 5.69 Å². The molecule has 1 unspecified atom stereocenters. The highest BCUT2D eigenvalue weighted by molar-refractivity contribution is 14.0. The van der Waals surface area contributed by atoms with Crippen molar-refractivity contribution < 1.29 is 9.53 Å². The van der Waals surface area contributed by atoms with Gasteiger partial charge in [-0.25, -0.2) is 4.99 Å². The molecule has 1 aromatic heterocycles. The van der Waals surface area contributed by atoms with Gasteiger partial charge in [0.25, 0.3) is 0 Å². The fourth-order valence-electron chi connectivity index (χ4n) is 3.64. The van der Waals surface area contributed by atoms with Crippen LogP contribution in [0.2, 0.25) is 0 Å². The Kier molecular flexibility index (Phi) is 6.99. The molecule has 1 atom stereocenters. The third kappa shape index (κ3) is 4.82. The number of halogens is 1. The standard InChI is InChI=1S/C20H26N6O2.HI/c1-3-21-20(22-12-17-10-15-6-4-5-7-18(15)28-17)25-8-9-26(19(27)14-25)16-11-23-24(2)13-16;/h4-7,11,13,17H,3,8-10,12,14H2,1-2H3,(H,21,22);1H.